The molecule has 0 aliphatic heterocycles. The number of anilines is 1. The largest absolute Gasteiger partial charge is 0.493 e. The van der Waals surface area contributed by atoms with Gasteiger partial charge in [0.15, 0.2) is 11.5 Å². The van der Waals surface area contributed by atoms with Gasteiger partial charge in [0.1, 0.15) is 5.69 Å². The van der Waals surface area contributed by atoms with Crippen LogP contribution in [0.2, 0.25) is 0 Å². The topological polar surface area (TPSA) is 73.6 Å². The van der Waals surface area contributed by atoms with Crippen LogP contribution in [0.25, 0.3) is 0 Å². The van der Waals surface area contributed by atoms with Crippen molar-refractivity contribution in [3.63, 3.8) is 0 Å². The molecule has 0 bridgehead atoms. The molecule has 1 aromatic rings. The summed E-state index contributed by atoms with van der Waals surface area (Å²) in [6.45, 7) is 3.97. The van der Waals surface area contributed by atoms with Crippen molar-refractivity contribution < 1.29 is 14.4 Å². The van der Waals surface area contributed by atoms with E-state index in [1.54, 1.807) is 6.08 Å². The Morgan fingerprint density at radius 1 is 1.41 bits per heavy atom. The highest BCUT2D eigenvalue weighted by Crippen LogP contribution is 2.37. The molecule has 1 N–H and O–H groups in total. The molecule has 0 saturated heterocycles. The maximum absolute atomic E-state index is 10.9. The van der Waals surface area contributed by atoms with Crippen LogP contribution in [0.15, 0.2) is 24.8 Å². The number of benzene rings is 1. The molecule has 0 fully saturated rings. The first-order valence-corrected chi connectivity index (χ1v) is 4.89. The standard InChI is InChI=1S/C11H14N2O4/c1-4-5-12-8-6-10(16-2)11(17-3)7-9(8)13(14)15/h4,6-7,12H,1,5H2,2-3H3. The van der Waals surface area contributed by atoms with Gasteiger partial charge in [-0.25, -0.2) is 0 Å². The monoisotopic (exact) mass is 238 g/mol. The van der Waals surface area contributed by atoms with Crippen molar-refractivity contribution in [3.05, 3.63) is 34.9 Å². The van der Waals surface area contributed by atoms with Crippen LogP contribution in [-0.2, 0) is 0 Å². The minimum Gasteiger partial charge on any atom is -0.493 e. The quantitative estimate of drug-likeness (QED) is 0.467. The van der Waals surface area contributed by atoms with E-state index in [0.29, 0.717) is 23.7 Å². The normalized spacial score (nSPS) is 9.53. The number of rotatable bonds is 6. The number of nitrogens with one attached hydrogen (secondary N) is 1. The number of nitro groups is 1. The fourth-order valence-corrected chi connectivity index (χ4v) is 1.34. The molecule has 0 aliphatic carbocycles. The fraction of sp³-hybridized carbons (Fsp3) is 0.273. The molecule has 0 spiro atoms. The Morgan fingerprint density at radius 2 is 2.00 bits per heavy atom. The van der Waals surface area contributed by atoms with Crippen LogP contribution < -0.4 is 14.8 Å². The number of hydrogen-bond donors (Lipinski definition) is 1. The molecule has 0 radical (unpaired) electrons. The molecule has 92 valence electrons. The van der Waals surface area contributed by atoms with Crippen LogP contribution in [-0.4, -0.2) is 25.7 Å². The summed E-state index contributed by atoms with van der Waals surface area (Å²) in [4.78, 5) is 10.4. The van der Waals surface area contributed by atoms with Gasteiger partial charge in [-0.1, -0.05) is 6.08 Å². The number of nitrogens with zero attached hydrogens (tertiary/aromatic N) is 1. The first-order valence-electron chi connectivity index (χ1n) is 4.89. The van der Waals surface area contributed by atoms with Crippen LogP contribution in [0, 0.1) is 10.1 Å². The summed E-state index contributed by atoms with van der Waals surface area (Å²) >= 11 is 0. The lowest BCUT2D eigenvalue weighted by atomic mass is 10.2. The average molecular weight is 238 g/mol. The van der Waals surface area contributed by atoms with Crippen LogP contribution in [0.5, 0.6) is 11.5 Å². The SMILES string of the molecule is C=CCNc1cc(OC)c(OC)cc1[N+](=O)[O-]. The lowest BCUT2D eigenvalue weighted by Crippen LogP contribution is -2.03. The number of nitro benzene ring substituents is 1. The highest BCUT2D eigenvalue weighted by molar-refractivity contribution is 5.68. The van der Waals surface area contributed by atoms with Gasteiger partial charge in [0, 0.05) is 12.6 Å². The molecule has 0 unspecified atom stereocenters. The predicted octanol–water partition coefficient (Wildman–Crippen LogP) is 2.21. The Kier molecular flexibility index (Phi) is 4.33. The van der Waals surface area contributed by atoms with Crippen molar-refractivity contribution in [2.24, 2.45) is 0 Å². The van der Waals surface area contributed by atoms with Crippen LogP contribution in [0.1, 0.15) is 0 Å². The Bertz CT molecular complexity index is 432. The second-order valence-electron chi connectivity index (χ2n) is 3.15. The zero-order chi connectivity index (χ0) is 12.8. The first kappa shape index (κ1) is 12.8. The van der Waals surface area contributed by atoms with E-state index in [0.717, 1.165) is 0 Å². The van der Waals surface area contributed by atoms with Gasteiger partial charge in [-0.05, 0) is 0 Å². The zero-order valence-corrected chi connectivity index (χ0v) is 9.73. The first-order chi connectivity index (χ1) is 8.13. The molecule has 0 aliphatic rings. The fourth-order valence-electron chi connectivity index (χ4n) is 1.34. The maximum atomic E-state index is 10.9. The number of ether oxygens (including phenoxy) is 2. The summed E-state index contributed by atoms with van der Waals surface area (Å²) in [5.74, 6) is 0.757. The average Bonchev–Trinajstić information content (AvgIpc) is 2.34. The second kappa shape index (κ2) is 5.74. The molecule has 1 aromatic carbocycles. The van der Waals surface area contributed by atoms with Crippen LogP contribution in [0.4, 0.5) is 11.4 Å². The molecule has 0 amide bonds. The Labute approximate surface area is 99.0 Å². The minimum atomic E-state index is -0.479. The third-order valence-electron chi connectivity index (χ3n) is 2.14. The molecule has 6 heteroatoms. The van der Waals surface area contributed by atoms with Gasteiger partial charge in [0.25, 0.3) is 5.69 Å². The minimum absolute atomic E-state index is 0.0653. The highest BCUT2D eigenvalue weighted by atomic mass is 16.6. The Morgan fingerprint density at radius 3 is 2.47 bits per heavy atom. The summed E-state index contributed by atoms with van der Waals surface area (Å²) in [6, 6.07) is 2.85. The summed E-state index contributed by atoms with van der Waals surface area (Å²) in [6.07, 6.45) is 1.61. The second-order valence-corrected chi connectivity index (χ2v) is 3.15. The van der Waals surface area contributed by atoms with Crippen molar-refractivity contribution in [2.45, 2.75) is 0 Å². The lowest BCUT2D eigenvalue weighted by Gasteiger charge is -2.11. The summed E-state index contributed by atoms with van der Waals surface area (Å²) in [5.41, 5.74) is 0.303. The summed E-state index contributed by atoms with van der Waals surface area (Å²) in [7, 11) is 2.90. The molecule has 0 aromatic heterocycles. The van der Waals surface area contributed by atoms with E-state index in [-0.39, 0.29) is 5.69 Å². The molecule has 0 heterocycles. The van der Waals surface area contributed by atoms with Gasteiger partial charge in [0.2, 0.25) is 0 Å². The third-order valence-corrected chi connectivity index (χ3v) is 2.14. The van der Waals surface area contributed by atoms with Gasteiger partial charge in [-0.3, -0.25) is 10.1 Å². The molecule has 0 saturated carbocycles. The van der Waals surface area contributed by atoms with E-state index in [1.165, 1.54) is 26.4 Å². The lowest BCUT2D eigenvalue weighted by molar-refractivity contribution is -0.384. The van der Waals surface area contributed by atoms with E-state index in [9.17, 15) is 10.1 Å². The molecule has 1 rings (SSSR count). The Balaban J connectivity index is 3.24. The molecule has 17 heavy (non-hydrogen) atoms. The van der Waals surface area contributed by atoms with E-state index < -0.39 is 4.92 Å². The van der Waals surface area contributed by atoms with Crippen LogP contribution >= 0.6 is 0 Å². The molecule has 0 atom stereocenters. The van der Waals surface area contributed by atoms with Gasteiger partial charge < -0.3 is 14.8 Å². The van der Waals surface area contributed by atoms with Crippen molar-refractivity contribution in [1.82, 2.24) is 0 Å². The molecule has 6 nitrogen and oxygen atoms in total. The van der Waals surface area contributed by atoms with E-state index in [1.807, 2.05) is 0 Å². The number of hydrogen-bond acceptors (Lipinski definition) is 5. The van der Waals surface area contributed by atoms with E-state index in [4.69, 9.17) is 9.47 Å². The molecular weight excluding hydrogens is 224 g/mol. The summed E-state index contributed by atoms with van der Waals surface area (Å²) in [5, 5.41) is 13.8. The van der Waals surface area contributed by atoms with Crippen molar-refractivity contribution in [2.75, 3.05) is 26.1 Å². The Hall–Kier alpha value is -2.24. The van der Waals surface area contributed by atoms with Crippen molar-refractivity contribution >= 4 is 11.4 Å². The van der Waals surface area contributed by atoms with Gasteiger partial charge in [-0.2, -0.15) is 0 Å². The number of methoxy groups -OCH3 is 2. The van der Waals surface area contributed by atoms with Gasteiger partial charge in [0.05, 0.1) is 25.2 Å². The van der Waals surface area contributed by atoms with Gasteiger partial charge >= 0.3 is 0 Å². The van der Waals surface area contributed by atoms with Crippen LogP contribution in [0.3, 0.4) is 0 Å². The smallest absolute Gasteiger partial charge is 0.296 e. The zero-order valence-electron chi connectivity index (χ0n) is 9.73. The van der Waals surface area contributed by atoms with Gasteiger partial charge in [-0.15, -0.1) is 6.58 Å². The summed E-state index contributed by atoms with van der Waals surface area (Å²) < 4.78 is 10.1. The molecular formula is C11H14N2O4. The predicted molar refractivity (Wildman–Crippen MR) is 64.9 cm³/mol. The highest BCUT2D eigenvalue weighted by Gasteiger charge is 2.18. The maximum Gasteiger partial charge on any atom is 0.296 e. The van der Waals surface area contributed by atoms with E-state index in [2.05, 4.69) is 11.9 Å². The van der Waals surface area contributed by atoms with Crippen molar-refractivity contribution in [3.8, 4) is 11.5 Å². The van der Waals surface area contributed by atoms with E-state index >= 15 is 0 Å². The third kappa shape index (κ3) is 2.87. The van der Waals surface area contributed by atoms with Crippen molar-refractivity contribution in [1.29, 1.82) is 0 Å².